The van der Waals surface area contributed by atoms with E-state index >= 15 is 0 Å². The lowest BCUT2D eigenvalue weighted by atomic mass is 10.1. The number of benzene rings is 3. The summed E-state index contributed by atoms with van der Waals surface area (Å²) in [6.45, 7) is 0. The maximum Gasteiger partial charge on any atom is 0.355 e. The summed E-state index contributed by atoms with van der Waals surface area (Å²) in [5.41, 5.74) is 1.12. The molecule has 0 saturated carbocycles. The van der Waals surface area contributed by atoms with Gasteiger partial charge in [0.2, 0.25) is 0 Å². The second-order valence-electron chi connectivity index (χ2n) is 6.98. The zero-order chi connectivity index (χ0) is 22.4. The minimum atomic E-state index is -0.594. The van der Waals surface area contributed by atoms with Gasteiger partial charge in [-0.05, 0) is 54.6 Å². The molecule has 5 rings (SSSR count). The quantitative estimate of drug-likeness (QED) is 0.224. The molecule has 8 heteroatoms. The molecule has 32 heavy (non-hydrogen) atoms. The first-order valence-corrected chi connectivity index (χ1v) is 10.7. The summed E-state index contributed by atoms with van der Waals surface area (Å²) in [6.07, 6.45) is 0. The fraction of sp³-hybridized carbons (Fsp3) is 0.0417. The molecule has 0 saturated heterocycles. The number of amides is 2. The number of ether oxygens (including phenoxy) is 2. The Morgan fingerprint density at radius 1 is 0.906 bits per heavy atom. The van der Waals surface area contributed by atoms with Gasteiger partial charge >= 0.3 is 5.97 Å². The maximum atomic E-state index is 12.7. The van der Waals surface area contributed by atoms with Gasteiger partial charge in [0.05, 0.1) is 28.9 Å². The molecule has 158 valence electrons. The number of halogens is 1. The number of anilines is 1. The van der Waals surface area contributed by atoms with Crippen LogP contribution in [-0.4, -0.2) is 24.9 Å². The number of nitrogens with zero attached hydrogens (tertiary/aromatic N) is 1. The predicted molar refractivity (Wildman–Crippen MR) is 122 cm³/mol. The molecule has 1 aromatic heterocycles. The van der Waals surface area contributed by atoms with Crippen molar-refractivity contribution in [1.29, 1.82) is 0 Å². The molecule has 4 aromatic rings. The molecule has 1 aliphatic heterocycles. The van der Waals surface area contributed by atoms with Gasteiger partial charge in [0, 0.05) is 10.1 Å². The zero-order valence-corrected chi connectivity index (χ0v) is 18.2. The number of methoxy groups -OCH3 is 1. The zero-order valence-electron chi connectivity index (χ0n) is 16.6. The van der Waals surface area contributed by atoms with Crippen molar-refractivity contribution in [2.24, 2.45) is 0 Å². The number of carbonyl (C=O) groups excluding carboxylic acids is 3. The van der Waals surface area contributed by atoms with Crippen LogP contribution in [0.4, 0.5) is 5.69 Å². The van der Waals surface area contributed by atoms with Gasteiger partial charge in [-0.25, -0.2) is 9.69 Å². The number of carbonyl (C=O) groups is 3. The Labute approximate surface area is 191 Å². The van der Waals surface area contributed by atoms with Crippen molar-refractivity contribution in [3.05, 3.63) is 87.8 Å². The molecule has 0 N–H and O–H groups in total. The largest absolute Gasteiger partial charge is 0.497 e. The van der Waals surface area contributed by atoms with Crippen molar-refractivity contribution in [3.63, 3.8) is 0 Å². The van der Waals surface area contributed by atoms with E-state index in [1.807, 2.05) is 6.07 Å². The van der Waals surface area contributed by atoms with Crippen LogP contribution in [0.5, 0.6) is 11.5 Å². The molecule has 0 aliphatic carbocycles. The fourth-order valence-electron chi connectivity index (χ4n) is 3.55. The van der Waals surface area contributed by atoms with Crippen LogP contribution < -0.4 is 14.4 Å². The van der Waals surface area contributed by atoms with E-state index in [-0.39, 0.29) is 22.4 Å². The summed E-state index contributed by atoms with van der Waals surface area (Å²) < 4.78 is 11.5. The molecule has 0 atom stereocenters. The van der Waals surface area contributed by atoms with Crippen molar-refractivity contribution in [2.75, 3.05) is 12.0 Å². The molecule has 0 bridgehead atoms. The number of imide groups is 1. The molecular formula is C24H14ClNO5S. The van der Waals surface area contributed by atoms with Crippen molar-refractivity contribution in [1.82, 2.24) is 0 Å². The maximum absolute atomic E-state index is 12.7. The SMILES string of the molecule is COc1ccc2sc(C(=O)Oc3ccc(N4C(=O)c5ccccc5C4=O)cc3)c(Cl)c2c1. The molecule has 0 radical (unpaired) electrons. The van der Waals surface area contributed by atoms with Crippen LogP contribution in [0, 0.1) is 0 Å². The third-order valence-electron chi connectivity index (χ3n) is 5.12. The van der Waals surface area contributed by atoms with Crippen LogP contribution in [0.15, 0.2) is 66.7 Å². The van der Waals surface area contributed by atoms with Crippen molar-refractivity contribution < 1.29 is 23.9 Å². The third kappa shape index (κ3) is 3.23. The van der Waals surface area contributed by atoms with Crippen LogP contribution >= 0.6 is 22.9 Å². The minimum absolute atomic E-state index is 0.265. The van der Waals surface area contributed by atoms with Crippen LogP contribution in [0.2, 0.25) is 5.02 Å². The average molecular weight is 464 g/mol. The van der Waals surface area contributed by atoms with E-state index in [9.17, 15) is 14.4 Å². The highest BCUT2D eigenvalue weighted by atomic mass is 35.5. The topological polar surface area (TPSA) is 72.9 Å². The number of rotatable bonds is 4. The van der Waals surface area contributed by atoms with Crippen LogP contribution in [0.25, 0.3) is 10.1 Å². The van der Waals surface area contributed by atoms with E-state index in [1.165, 1.54) is 23.5 Å². The highest BCUT2D eigenvalue weighted by molar-refractivity contribution is 7.21. The molecule has 1 aliphatic rings. The minimum Gasteiger partial charge on any atom is -0.497 e. The summed E-state index contributed by atoms with van der Waals surface area (Å²) >= 11 is 7.64. The van der Waals surface area contributed by atoms with Crippen LogP contribution in [-0.2, 0) is 0 Å². The van der Waals surface area contributed by atoms with E-state index < -0.39 is 5.97 Å². The van der Waals surface area contributed by atoms with Gasteiger partial charge < -0.3 is 9.47 Å². The average Bonchev–Trinajstić information content (AvgIpc) is 3.28. The van der Waals surface area contributed by atoms with Gasteiger partial charge in [-0.2, -0.15) is 0 Å². The van der Waals surface area contributed by atoms with E-state index in [0.717, 1.165) is 9.60 Å². The number of hydrogen-bond acceptors (Lipinski definition) is 6. The summed E-state index contributed by atoms with van der Waals surface area (Å²) in [7, 11) is 1.56. The normalized spacial score (nSPS) is 12.9. The first-order chi connectivity index (χ1) is 15.5. The number of thiophene rings is 1. The third-order valence-corrected chi connectivity index (χ3v) is 6.77. The molecule has 3 aromatic carbocycles. The Hall–Kier alpha value is -3.68. The molecule has 0 spiro atoms. The van der Waals surface area contributed by atoms with Crippen molar-refractivity contribution in [2.45, 2.75) is 0 Å². The Balaban J connectivity index is 1.37. The lowest BCUT2D eigenvalue weighted by molar-refractivity contribution is 0.0739. The van der Waals surface area contributed by atoms with Crippen molar-refractivity contribution >= 4 is 56.5 Å². The van der Waals surface area contributed by atoms with E-state index in [0.29, 0.717) is 33.0 Å². The lowest BCUT2D eigenvalue weighted by Gasteiger charge is -2.14. The van der Waals surface area contributed by atoms with Gasteiger partial charge in [-0.3, -0.25) is 9.59 Å². The fourth-order valence-corrected chi connectivity index (χ4v) is 4.90. The van der Waals surface area contributed by atoms with E-state index in [1.54, 1.807) is 55.6 Å². The summed E-state index contributed by atoms with van der Waals surface area (Å²) in [5.74, 6) is -0.461. The smallest absolute Gasteiger partial charge is 0.355 e. The Kier molecular flexibility index (Phi) is 4.92. The van der Waals surface area contributed by atoms with E-state index in [2.05, 4.69) is 0 Å². The number of hydrogen-bond donors (Lipinski definition) is 0. The second-order valence-corrected chi connectivity index (χ2v) is 8.41. The predicted octanol–water partition coefficient (Wildman–Crippen LogP) is 5.58. The monoisotopic (exact) mass is 463 g/mol. The van der Waals surface area contributed by atoms with Gasteiger partial charge in [0.1, 0.15) is 16.4 Å². The van der Waals surface area contributed by atoms with Gasteiger partial charge in [0.25, 0.3) is 11.8 Å². The van der Waals surface area contributed by atoms with Crippen LogP contribution in [0.1, 0.15) is 30.4 Å². The molecule has 0 fully saturated rings. The first kappa shape index (κ1) is 20.2. The number of fused-ring (bicyclic) bond motifs is 2. The molecule has 2 heterocycles. The molecule has 0 unspecified atom stereocenters. The van der Waals surface area contributed by atoms with E-state index in [4.69, 9.17) is 21.1 Å². The summed E-state index contributed by atoms with van der Waals surface area (Å²) in [4.78, 5) is 39.3. The molecular weight excluding hydrogens is 450 g/mol. The Morgan fingerprint density at radius 2 is 1.53 bits per heavy atom. The first-order valence-electron chi connectivity index (χ1n) is 9.54. The van der Waals surface area contributed by atoms with Gasteiger partial charge in [0.15, 0.2) is 0 Å². The standard InChI is InChI=1S/C24H14ClNO5S/c1-30-15-10-11-19-18(12-15)20(25)21(32-19)24(29)31-14-8-6-13(7-9-14)26-22(27)16-4-2-3-5-17(16)23(26)28/h2-12H,1H3. The second kappa shape index (κ2) is 7.78. The van der Waals surface area contributed by atoms with Crippen LogP contribution in [0.3, 0.4) is 0 Å². The van der Waals surface area contributed by atoms with Gasteiger partial charge in [-0.1, -0.05) is 23.7 Å². The molecule has 6 nitrogen and oxygen atoms in total. The highest BCUT2D eigenvalue weighted by Crippen LogP contribution is 2.38. The summed E-state index contributed by atoms with van der Waals surface area (Å²) in [6, 6.07) is 18.2. The molecule has 2 amide bonds. The lowest BCUT2D eigenvalue weighted by Crippen LogP contribution is -2.29. The summed E-state index contributed by atoms with van der Waals surface area (Å²) in [5, 5.41) is 1.01. The highest BCUT2D eigenvalue weighted by Gasteiger charge is 2.36. The van der Waals surface area contributed by atoms with Gasteiger partial charge in [-0.15, -0.1) is 11.3 Å². The number of esters is 1. The Bertz CT molecular complexity index is 1370. The Morgan fingerprint density at radius 3 is 2.16 bits per heavy atom. The van der Waals surface area contributed by atoms with Crippen molar-refractivity contribution in [3.8, 4) is 11.5 Å².